The molecule has 0 saturated heterocycles. The fraction of sp³-hybridized carbons (Fsp3) is 0.154. The monoisotopic (exact) mass is 266 g/mol. The first-order chi connectivity index (χ1) is 8.29. The van der Waals surface area contributed by atoms with Crippen LogP contribution in [0.1, 0.15) is 5.56 Å². The lowest BCUT2D eigenvalue weighted by Gasteiger charge is -1.97. The summed E-state index contributed by atoms with van der Waals surface area (Å²) in [6, 6.07) is 9.87. The highest BCUT2D eigenvalue weighted by Gasteiger charge is 2.02. The van der Waals surface area contributed by atoms with E-state index in [9.17, 15) is 4.79 Å². The maximum absolute atomic E-state index is 10.0. The number of carbonyl (C=O) groups excluding carboxylic acids is 1. The number of rotatable bonds is 5. The summed E-state index contributed by atoms with van der Waals surface area (Å²) in [7, 11) is 0. The van der Waals surface area contributed by atoms with Crippen molar-refractivity contribution >= 4 is 29.4 Å². The molecule has 0 amide bonds. The average Bonchev–Trinajstić information content (AvgIpc) is 2.79. The van der Waals surface area contributed by atoms with Gasteiger partial charge in [0.15, 0.2) is 0 Å². The minimum Gasteiger partial charge on any atom is -0.468 e. The minimum absolute atomic E-state index is 0.431. The molecule has 0 bridgehead atoms. The first-order valence-corrected chi connectivity index (χ1v) is 6.44. The third-order valence-corrected chi connectivity index (χ3v) is 3.64. The van der Waals surface area contributed by atoms with Crippen molar-refractivity contribution in [3.63, 3.8) is 0 Å². The van der Waals surface area contributed by atoms with Crippen molar-refractivity contribution in [2.45, 2.75) is 6.42 Å². The highest BCUT2D eigenvalue weighted by Crippen LogP contribution is 2.28. The van der Waals surface area contributed by atoms with Crippen LogP contribution in [0.15, 0.2) is 35.7 Å². The second-order valence-electron chi connectivity index (χ2n) is 3.54. The Labute approximate surface area is 109 Å². The van der Waals surface area contributed by atoms with Crippen molar-refractivity contribution < 1.29 is 9.53 Å². The second kappa shape index (κ2) is 5.84. The third kappa shape index (κ3) is 3.32. The number of hydrogen-bond acceptors (Lipinski definition) is 3. The Bertz CT molecular complexity index is 490. The van der Waals surface area contributed by atoms with Gasteiger partial charge in [-0.05, 0) is 34.7 Å². The van der Waals surface area contributed by atoms with E-state index in [1.54, 1.807) is 11.3 Å². The molecule has 0 fully saturated rings. The number of benzene rings is 1. The molecule has 0 atom stereocenters. The molecule has 0 unspecified atom stereocenters. The van der Waals surface area contributed by atoms with Crippen LogP contribution in [-0.4, -0.2) is 13.1 Å². The molecular weight excluding hydrogens is 256 g/mol. The van der Waals surface area contributed by atoms with Gasteiger partial charge in [0.25, 0.3) is 6.47 Å². The van der Waals surface area contributed by atoms with E-state index in [2.05, 4.69) is 16.2 Å². The van der Waals surface area contributed by atoms with Crippen molar-refractivity contribution in [1.82, 2.24) is 0 Å². The maximum Gasteiger partial charge on any atom is 0.293 e. The summed E-state index contributed by atoms with van der Waals surface area (Å²) >= 11 is 7.52. The van der Waals surface area contributed by atoms with E-state index in [-0.39, 0.29) is 0 Å². The Hall–Kier alpha value is -1.32. The van der Waals surface area contributed by atoms with Crippen molar-refractivity contribution in [1.29, 1.82) is 0 Å². The lowest BCUT2D eigenvalue weighted by molar-refractivity contribution is -0.128. The van der Waals surface area contributed by atoms with Crippen molar-refractivity contribution in [3.8, 4) is 10.4 Å². The predicted octanol–water partition coefficient (Wildman–Crippen LogP) is 3.78. The van der Waals surface area contributed by atoms with Crippen molar-refractivity contribution in [3.05, 3.63) is 46.3 Å². The number of carbonyl (C=O) groups is 1. The van der Waals surface area contributed by atoms with Crippen molar-refractivity contribution in [2.24, 2.45) is 0 Å². The summed E-state index contributed by atoms with van der Waals surface area (Å²) in [5, 5.41) is 2.82. The quantitative estimate of drug-likeness (QED) is 0.608. The van der Waals surface area contributed by atoms with Crippen LogP contribution in [0.25, 0.3) is 10.4 Å². The molecule has 2 nitrogen and oxygen atoms in total. The highest BCUT2D eigenvalue weighted by molar-refractivity contribution is 7.13. The van der Waals surface area contributed by atoms with Gasteiger partial charge in [0.1, 0.15) is 0 Å². The van der Waals surface area contributed by atoms with E-state index >= 15 is 0 Å². The Balaban J connectivity index is 2.07. The molecule has 0 aliphatic carbocycles. The van der Waals surface area contributed by atoms with Gasteiger partial charge in [0, 0.05) is 16.3 Å². The van der Waals surface area contributed by atoms with Crippen LogP contribution in [0.5, 0.6) is 0 Å². The summed E-state index contributed by atoms with van der Waals surface area (Å²) in [5.74, 6) is 0. The summed E-state index contributed by atoms with van der Waals surface area (Å²) in [6.07, 6.45) is 0.753. The first kappa shape index (κ1) is 12.1. The summed E-state index contributed by atoms with van der Waals surface area (Å²) in [4.78, 5) is 11.2. The molecule has 2 aromatic rings. The Morgan fingerprint density at radius 3 is 2.76 bits per heavy atom. The zero-order valence-corrected chi connectivity index (χ0v) is 10.6. The van der Waals surface area contributed by atoms with Crippen LogP contribution in [0.4, 0.5) is 0 Å². The summed E-state index contributed by atoms with van der Waals surface area (Å²) in [6.45, 7) is 0.909. The summed E-state index contributed by atoms with van der Waals surface area (Å²) in [5.41, 5.74) is 2.34. The van der Waals surface area contributed by atoms with Gasteiger partial charge in [-0.1, -0.05) is 23.7 Å². The second-order valence-corrected chi connectivity index (χ2v) is 4.89. The van der Waals surface area contributed by atoms with Gasteiger partial charge in [0.2, 0.25) is 0 Å². The molecule has 0 spiro atoms. The maximum atomic E-state index is 10.0. The smallest absolute Gasteiger partial charge is 0.293 e. The standard InChI is InChI=1S/C13H11ClO2S/c14-12-3-1-11(2-4-12)13-7-10(8-17-13)5-6-16-9-15/h1-4,7-9H,5-6H2. The van der Waals surface area contributed by atoms with Crippen LogP contribution < -0.4 is 0 Å². The van der Waals surface area contributed by atoms with Crippen LogP contribution in [0, 0.1) is 0 Å². The molecule has 0 radical (unpaired) electrons. The van der Waals surface area contributed by atoms with Crippen LogP contribution >= 0.6 is 22.9 Å². The molecule has 1 aromatic carbocycles. The normalized spacial score (nSPS) is 10.2. The average molecular weight is 267 g/mol. The minimum atomic E-state index is 0.431. The molecule has 88 valence electrons. The van der Waals surface area contributed by atoms with Crippen molar-refractivity contribution in [2.75, 3.05) is 6.61 Å². The molecule has 4 heteroatoms. The van der Waals surface area contributed by atoms with Gasteiger partial charge in [-0.15, -0.1) is 11.3 Å². The molecule has 17 heavy (non-hydrogen) atoms. The van der Waals surface area contributed by atoms with E-state index in [0.29, 0.717) is 13.1 Å². The molecular formula is C13H11ClO2S. The fourth-order valence-corrected chi connectivity index (χ4v) is 2.58. The van der Waals surface area contributed by atoms with Gasteiger partial charge in [-0.3, -0.25) is 4.79 Å². The van der Waals surface area contributed by atoms with Gasteiger partial charge < -0.3 is 4.74 Å². The molecule has 2 rings (SSSR count). The summed E-state index contributed by atoms with van der Waals surface area (Å²) < 4.78 is 4.67. The Morgan fingerprint density at radius 1 is 1.29 bits per heavy atom. The lowest BCUT2D eigenvalue weighted by Crippen LogP contribution is -1.94. The molecule has 0 aliphatic rings. The zero-order valence-electron chi connectivity index (χ0n) is 9.06. The number of thiophene rings is 1. The van der Waals surface area contributed by atoms with E-state index in [4.69, 9.17) is 11.6 Å². The van der Waals surface area contributed by atoms with Gasteiger partial charge in [-0.25, -0.2) is 0 Å². The molecule has 0 saturated carbocycles. The molecule has 1 heterocycles. The van der Waals surface area contributed by atoms with E-state index in [0.717, 1.165) is 17.0 Å². The van der Waals surface area contributed by atoms with E-state index < -0.39 is 0 Å². The number of halogens is 1. The molecule has 1 aromatic heterocycles. The topological polar surface area (TPSA) is 26.3 Å². The Kier molecular flexibility index (Phi) is 4.18. The largest absolute Gasteiger partial charge is 0.468 e. The molecule has 0 aliphatic heterocycles. The third-order valence-electron chi connectivity index (χ3n) is 2.36. The van der Waals surface area contributed by atoms with Crippen LogP contribution in [0.3, 0.4) is 0 Å². The molecule has 0 N–H and O–H groups in total. The van der Waals surface area contributed by atoms with E-state index in [1.807, 2.05) is 24.3 Å². The van der Waals surface area contributed by atoms with Crippen LogP contribution in [0.2, 0.25) is 5.02 Å². The lowest BCUT2D eigenvalue weighted by atomic mass is 10.1. The number of ether oxygens (including phenoxy) is 1. The predicted molar refractivity (Wildman–Crippen MR) is 70.5 cm³/mol. The Morgan fingerprint density at radius 2 is 2.06 bits per heavy atom. The van der Waals surface area contributed by atoms with Gasteiger partial charge in [0.05, 0.1) is 6.61 Å². The van der Waals surface area contributed by atoms with Gasteiger partial charge in [-0.2, -0.15) is 0 Å². The van der Waals surface area contributed by atoms with Crippen LogP contribution in [-0.2, 0) is 16.0 Å². The van der Waals surface area contributed by atoms with E-state index in [1.165, 1.54) is 10.4 Å². The van der Waals surface area contributed by atoms with Gasteiger partial charge >= 0.3 is 0 Å². The highest BCUT2D eigenvalue weighted by atomic mass is 35.5. The SMILES string of the molecule is O=COCCc1csc(-c2ccc(Cl)cc2)c1. The first-order valence-electron chi connectivity index (χ1n) is 5.18. The fourth-order valence-electron chi connectivity index (χ4n) is 1.50. The zero-order chi connectivity index (χ0) is 12.1. The number of hydrogen-bond donors (Lipinski definition) is 0.